The molecule has 0 unspecified atom stereocenters. The summed E-state index contributed by atoms with van der Waals surface area (Å²) in [4.78, 5) is 0. The third kappa shape index (κ3) is 2.02. The first-order valence-electron chi connectivity index (χ1n) is 3.69. The molecule has 0 aliphatic carbocycles. The molecular formula is C9H12FN. The smallest absolute Gasteiger partial charge is 0.126 e. The Balaban J connectivity index is 2.86. The maximum atomic E-state index is 12.9. The maximum absolute atomic E-state index is 12.9. The highest BCUT2D eigenvalue weighted by molar-refractivity contribution is 5.23. The van der Waals surface area contributed by atoms with E-state index < -0.39 is 0 Å². The van der Waals surface area contributed by atoms with Crippen molar-refractivity contribution in [2.24, 2.45) is 5.73 Å². The van der Waals surface area contributed by atoms with Crippen LogP contribution in [0.15, 0.2) is 18.2 Å². The van der Waals surface area contributed by atoms with Gasteiger partial charge in [0.25, 0.3) is 0 Å². The minimum absolute atomic E-state index is 0.143. The highest BCUT2D eigenvalue weighted by Crippen LogP contribution is 2.08. The number of rotatable bonds is 2. The molecule has 0 atom stereocenters. The van der Waals surface area contributed by atoms with E-state index in [9.17, 15) is 4.39 Å². The molecule has 1 nitrogen and oxygen atoms in total. The van der Waals surface area contributed by atoms with Crippen molar-refractivity contribution in [1.82, 2.24) is 0 Å². The van der Waals surface area contributed by atoms with E-state index in [-0.39, 0.29) is 5.82 Å². The van der Waals surface area contributed by atoms with Crippen LogP contribution in [0.4, 0.5) is 4.39 Å². The highest BCUT2D eigenvalue weighted by Gasteiger charge is 1.97. The zero-order valence-corrected chi connectivity index (χ0v) is 6.60. The Kier molecular flexibility index (Phi) is 2.60. The molecule has 0 spiro atoms. The van der Waals surface area contributed by atoms with E-state index in [0.29, 0.717) is 12.1 Å². The van der Waals surface area contributed by atoms with Gasteiger partial charge in [-0.1, -0.05) is 12.1 Å². The van der Waals surface area contributed by atoms with E-state index in [1.807, 2.05) is 6.07 Å². The van der Waals surface area contributed by atoms with Gasteiger partial charge in [-0.2, -0.15) is 0 Å². The highest BCUT2D eigenvalue weighted by atomic mass is 19.1. The minimum atomic E-state index is -0.143. The first-order chi connectivity index (χ1) is 5.24. The van der Waals surface area contributed by atoms with Crippen LogP contribution in [0, 0.1) is 12.7 Å². The van der Waals surface area contributed by atoms with Gasteiger partial charge in [0.15, 0.2) is 0 Å². The second-order valence-electron chi connectivity index (χ2n) is 2.62. The second kappa shape index (κ2) is 3.49. The molecule has 0 saturated heterocycles. The van der Waals surface area contributed by atoms with E-state index in [1.54, 1.807) is 19.1 Å². The molecular weight excluding hydrogens is 141 g/mol. The third-order valence-electron chi connectivity index (χ3n) is 1.67. The molecule has 1 aromatic carbocycles. The lowest BCUT2D eigenvalue weighted by atomic mass is 10.1. The van der Waals surface area contributed by atoms with E-state index in [0.717, 1.165) is 12.0 Å². The van der Waals surface area contributed by atoms with Crippen LogP contribution in [0.3, 0.4) is 0 Å². The molecule has 2 N–H and O–H groups in total. The molecule has 0 radical (unpaired) electrons. The van der Waals surface area contributed by atoms with E-state index in [2.05, 4.69) is 0 Å². The fourth-order valence-electron chi connectivity index (χ4n) is 0.959. The third-order valence-corrected chi connectivity index (χ3v) is 1.67. The Morgan fingerprint density at radius 3 is 2.73 bits per heavy atom. The Bertz CT molecular complexity index is 245. The number of aryl methyl sites for hydroxylation is 1. The Morgan fingerprint density at radius 1 is 1.45 bits per heavy atom. The van der Waals surface area contributed by atoms with E-state index >= 15 is 0 Å². The second-order valence-corrected chi connectivity index (χ2v) is 2.62. The molecule has 2 heteroatoms. The van der Waals surface area contributed by atoms with Crippen LogP contribution in [0.5, 0.6) is 0 Å². The van der Waals surface area contributed by atoms with E-state index in [1.165, 1.54) is 0 Å². The summed E-state index contributed by atoms with van der Waals surface area (Å²) < 4.78 is 12.9. The average Bonchev–Trinajstić information content (AvgIpc) is 1.98. The molecule has 1 rings (SSSR count). The molecule has 0 aliphatic heterocycles. The lowest BCUT2D eigenvalue weighted by Crippen LogP contribution is -2.02. The topological polar surface area (TPSA) is 26.0 Å². The van der Waals surface area contributed by atoms with Crippen LogP contribution < -0.4 is 5.73 Å². The molecule has 0 amide bonds. The summed E-state index contributed by atoms with van der Waals surface area (Å²) in [6, 6.07) is 5.23. The Morgan fingerprint density at radius 2 is 2.18 bits per heavy atom. The number of nitrogens with two attached hydrogens (primary N) is 1. The Labute approximate surface area is 66.0 Å². The quantitative estimate of drug-likeness (QED) is 0.686. The van der Waals surface area contributed by atoms with E-state index in [4.69, 9.17) is 5.73 Å². The van der Waals surface area contributed by atoms with Crippen molar-refractivity contribution in [2.75, 3.05) is 6.54 Å². The zero-order valence-electron chi connectivity index (χ0n) is 6.60. The van der Waals surface area contributed by atoms with Crippen LogP contribution in [0.25, 0.3) is 0 Å². The van der Waals surface area contributed by atoms with Crippen LogP contribution in [0.1, 0.15) is 11.1 Å². The summed E-state index contributed by atoms with van der Waals surface area (Å²) in [6.45, 7) is 2.32. The van der Waals surface area contributed by atoms with Gasteiger partial charge >= 0.3 is 0 Å². The van der Waals surface area contributed by atoms with Gasteiger partial charge in [0, 0.05) is 0 Å². The first-order valence-corrected chi connectivity index (χ1v) is 3.69. The molecule has 0 bridgehead atoms. The standard InChI is InChI=1S/C9H12FN/c1-7-2-3-8(4-5-11)6-9(7)10/h2-3,6H,4-5,11H2,1H3. The molecule has 0 heterocycles. The molecule has 0 aromatic heterocycles. The van der Waals surface area contributed by atoms with Crippen molar-refractivity contribution in [3.05, 3.63) is 35.1 Å². The summed E-state index contributed by atoms with van der Waals surface area (Å²) in [6.07, 6.45) is 0.747. The normalized spacial score (nSPS) is 10.1. The van der Waals surface area contributed by atoms with Crippen molar-refractivity contribution < 1.29 is 4.39 Å². The van der Waals surface area contributed by atoms with Gasteiger partial charge in [-0.3, -0.25) is 0 Å². The monoisotopic (exact) mass is 153 g/mol. The fraction of sp³-hybridized carbons (Fsp3) is 0.333. The lowest BCUT2D eigenvalue weighted by molar-refractivity contribution is 0.616. The summed E-state index contributed by atoms with van der Waals surface area (Å²) in [5.74, 6) is -0.143. The van der Waals surface area contributed by atoms with Gasteiger partial charge < -0.3 is 5.73 Å². The number of benzene rings is 1. The molecule has 0 aliphatic rings. The predicted molar refractivity (Wildman–Crippen MR) is 43.9 cm³/mol. The largest absolute Gasteiger partial charge is 0.330 e. The van der Waals surface area contributed by atoms with Gasteiger partial charge in [-0.05, 0) is 37.1 Å². The van der Waals surface area contributed by atoms with Gasteiger partial charge in [0.05, 0.1) is 0 Å². The maximum Gasteiger partial charge on any atom is 0.126 e. The van der Waals surface area contributed by atoms with Crippen molar-refractivity contribution in [1.29, 1.82) is 0 Å². The fourth-order valence-corrected chi connectivity index (χ4v) is 0.959. The first kappa shape index (κ1) is 8.21. The Hall–Kier alpha value is -0.890. The summed E-state index contributed by atoms with van der Waals surface area (Å²) >= 11 is 0. The summed E-state index contributed by atoms with van der Waals surface area (Å²) in [5.41, 5.74) is 6.98. The summed E-state index contributed by atoms with van der Waals surface area (Å²) in [7, 11) is 0. The van der Waals surface area contributed by atoms with Gasteiger partial charge in [-0.15, -0.1) is 0 Å². The van der Waals surface area contributed by atoms with Crippen molar-refractivity contribution in [3.8, 4) is 0 Å². The molecule has 11 heavy (non-hydrogen) atoms. The molecule has 60 valence electrons. The summed E-state index contributed by atoms with van der Waals surface area (Å²) in [5, 5.41) is 0. The molecule has 0 fully saturated rings. The average molecular weight is 153 g/mol. The van der Waals surface area contributed by atoms with Crippen LogP contribution in [-0.4, -0.2) is 6.54 Å². The molecule has 1 aromatic rings. The van der Waals surface area contributed by atoms with Crippen molar-refractivity contribution >= 4 is 0 Å². The van der Waals surface area contributed by atoms with Crippen LogP contribution in [-0.2, 0) is 6.42 Å². The minimum Gasteiger partial charge on any atom is -0.330 e. The van der Waals surface area contributed by atoms with Crippen LogP contribution in [0.2, 0.25) is 0 Å². The van der Waals surface area contributed by atoms with Gasteiger partial charge in [0.1, 0.15) is 5.82 Å². The lowest BCUT2D eigenvalue weighted by Gasteiger charge is -2.00. The van der Waals surface area contributed by atoms with Gasteiger partial charge in [-0.25, -0.2) is 4.39 Å². The molecule has 0 saturated carbocycles. The SMILES string of the molecule is Cc1ccc(CCN)cc1F. The van der Waals surface area contributed by atoms with Crippen molar-refractivity contribution in [3.63, 3.8) is 0 Å². The number of halogens is 1. The predicted octanol–water partition coefficient (Wildman–Crippen LogP) is 1.64. The zero-order chi connectivity index (χ0) is 8.27. The van der Waals surface area contributed by atoms with Crippen molar-refractivity contribution in [2.45, 2.75) is 13.3 Å². The van der Waals surface area contributed by atoms with Gasteiger partial charge in [0.2, 0.25) is 0 Å². The number of hydrogen-bond donors (Lipinski definition) is 1. The number of hydrogen-bond acceptors (Lipinski definition) is 1. The van der Waals surface area contributed by atoms with Crippen LogP contribution >= 0.6 is 0 Å².